The summed E-state index contributed by atoms with van der Waals surface area (Å²) in [6.45, 7) is 4.27. The van der Waals surface area contributed by atoms with Gasteiger partial charge in [-0.05, 0) is 38.1 Å². The molecule has 0 radical (unpaired) electrons. The van der Waals surface area contributed by atoms with Gasteiger partial charge in [0.1, 0.15) is 11.9 Å². The Bertz CT molecular complexity index is 748. The molecule has 1 amide bonds. The summed E-state index contributed by atoms with van der Waals surface area (Å²) in [6.07, 6.45) is -0.420. The highest BCUT2D eigenvalue weighted by Gasteiger charge is 2.60. The first-order valence-corrected chi connectivity index (χ1v) is 7.71. The van der Waals surface area contributed by atoms with Crippen LogP contribution in [0.2, 0.25) is 0 Å². The molecule has 1 saturated heterocycles. The second-order valence-corrected chi connectivity index (χ2v) is 5.85. The van der Waals surface area contributed by atoms with Crippen molar-refractivity contribution >= 4 is 17.5 Å². The number of fused-ring (bicyclic) bond motifs is 1. The summed E-state index contributed by atoms with van der Waals surface area (Å²) in [4.78, 5) is 10.2. The Morgan fingerprint density at radius 1 is 1.17 bits per heavy atom. The summed E-state index contributed by atoms with van der Waals surface area (Å²) in [5.41, 5.74) is 7.21. The largest absolute Gasteiger partial charge is 0.411 e. The van der Waals surface area contributed by atoms with E-state index in [0.717, 1.165) is 5.69 Å². The molecule has 1 fully saturated rings. The van der Waals surface area contributed by atoms with Gasteiger partial charge in [0.25, 0.3) is 0 Å². The summed E-state index contributed by atoms with van der Waals surface area (Å²) in [7, 11) is 0. The van der Waals surface area contributed by atoms with Crippen molar-refractivity contribution in [3.63, 3.8) is 0 Å². The topological polar surface area (TPSA) is 89.9 Å². The van der Waals surface area contributed by atoms with Crippen LogP contribution >= 0.6 is 0 Å². The highest BCUT2D eigenvalue weighted by Crippen LogP contribution is 2.39. The Morgan fingerprint density at radius 3 is 2.21 bits per heavy atom. The minimum Gasteiger partial charge on any atom is -0.411 e. The second kappa shape index (κ2) is 6.33. The van der Waals surface area contributed by atoms with Crippen LogP contribution < -0.4 is 20.8 Å². The molecule has 0 spiro atoms. The number of nitrogens with two attached hydrogens (primary N) is 1. The number of rotatable bonds is 2. The number of hydrogen-bond donors (Lipinski definition) is 2. The van der Waals surface area contributed by atoms with Crippen LogP contribution in [0.3, 0.4) is 0 Å². The van der Waals surface area contributed by atoms with Crippen LogP contribution in [-0.2, 0) is 0 Å². The number of carbonyl (C=O) groups is 1. The Hall–Kier alpha value is -2.86. The lowest BCUT2D eigenvalue weighted by atomic mass is 10.1. The first-order valence-electron chi connectivity index (χ1n) is 7.71. The van der Waals surface area contributed by atoms with E-state index in [1.54, 1.807) is 24.3 Å². The molecule has 2 unspecified atom stereocenters. The molecule has 4 rings (SSSR count). The van der Waals surface area contributed by atoms with Gasteiger partial charge in [-0.3, -0.25) is 5.32 Å². The molecular weight excluding hydrogens is 304 g/mol. The van der Waals surface area contributed by atoms with E-state index in [1.807, 2.05) is 24.3 Å². The number of ether oxygens (including phenoxy) is 1. The number of benzene rings is 2. The van der Waals surface area contributed by atoms with E-state index in [0.29, 0.717) is 11.9 Å². The van der Waals surface area contributed by atoms with Gasteiger partial charge in [-0.1, -0.05) is 36.4 Å². The van der Waals surface area contributed by atoms with E-state index < -0.39 is 6.09 Å². The predicted molar refractivity (Wildman–Crippen MR) is 94.0 cm³/mol. The minimum atomic E-state index is -0.786. The smallest absolute Gasteiger partial charge is 0.409 e. The van der Waals surface area contributed by atoms with E-state index >= 15 is 0 Å². The fourth-order valence-corrected chi connectivity index (χ4v) is 2.57. The molecule has 0 aromatic heterocycles. The third kappa shape index (κ3) is 3.23. The number of anilines is 1. The molecule has 124 valence electrons. The van der Waals surface area contributed by atoms with Crippen LogP contribution in [0.1, 0.15) is 13.8 Å². The normalized spacial score (nSPS) is 23.5. The van der Waals surface area contributed by atoms with Crippen molar-refractivity contribution in [2.45, 2.75) is 25.6 Å². The van der Waals surface area contributed by atoms with Gasteiger partial charge in [0, 0.05) is 0 Å². The number of para-hydroxylation sites is 2. The van der Waals surface area contributed by atoms with E-state index in [2.05, 4.69) is 46.1 Å². The van der Waals surface area contributed by atoms with Crippen molar-refractivity contribution in [2.24, 2.45) is 10.8 Å². The van der Waals surface area contributed by atoms with Gasteiger partial charge < -0.3 is 10.5 Å². The zero-order valence-corrected chi connectivity index (χ0v) is 13.6. The zero-order valence-electron chi connectivity index (χ0n) is 13.6. The molecule has 6 nitrogen and oxygen atoms in total. The van der Waals surface area contributed by atoms with E-state index in [9.17, 15) is 4.79 Å². The van der Waals surface area contributed by atoms with Gasteiger partial charge in [0.2, 0.25) is 0 Å². The fraction of sp³-hybridized carbons (Fsp3) is 0.222. The number of nitrogens with zero attached hydrogens (tertiary/aromatic N) is 2. The number of hydrazone groups is 1. The van der Waals surface area contributed by atoms with Crippen LogP contribution in [-0.4, -0.2) is 23.5 Å². The molecule has 2 aromatic carbocycles. The van der Waals surface area contributed by atoms with Crippen LogP contribution in [0, 0.1) is 0 Å². The number of carbonyl (C=O) groups excluding carboxylic acids is 1. The van der Waals surface area contributed by atoms with Gasteiger partial charge in [0.15, 0.2) is 0 Å². The van der Waals surface area contributed by atoms with Gasteiger partial charge in [-0.15, -0.1) is 0 Å². The molecule has 0 saturated carbocycles. The summed E-state index contributed by atoms with van der Waals surface area (Å²) < 4.78 is 4.55. The van der Waals surface area contributed by atoms with Crippen molar-refractivity contribution in [1.82, 2.24) is 5.32 Å². The first-order chi connectivity index (χ1) is 11.5. The molecule has 2 aromatic rings. The molecule has 2 heterocycles. The molecule has 0 aliphatic carbocycles. The van der Waals surface area contributed by atoms with Gasteiger partial charge in [0.05, 0.1) is 16.9 Å². The Labute approximate surface area is 140 Å². The molecule has 2 atom stereocenters. The fourth-order valence-electron chi connectivity index (χ4n) is 2.57. The third-order valence-corrected chi connectivity index (χ3v) is 4.14. The van der Waals surface area contributed by atoms with Gasteiger partial charge in [-0.2, -0.15) is 5.10 Å². The molecule has 3 N–H and O–H groups in total. The highest BCUT2D eigenvalue weighted by atomic mass is 16.5. The van der Waals surface area contributed by atoms with Gasteiger partial charge >= 0.3 is 6.09 Å². The predicted octanol–water partition coefficient (Wildman–Crippen LogP) is 2.71. The molecule has 2 aliphatic rings. The van der Waals surface area contributed by atoms with Crippen LogP contribution in [0.4, 0.5) is 10.5 Å². The summed E-state index contributed by atoms with van der Waals surface area (Å²) in [5, 5.41) is 10.1. The van der Waals surface area contributed by atoms with Crippen molar-refractivity contribution in [3.05, 3.63) is 60.7 Å². The Kier molecular flexibility index (Phi) is 4.22. The maximum atomic E-state index is 10.2. The number of amides is 1. The number of nitrogens with one attached hydrogen (secondary N) is 1. The third-order valence-electron chi connectivity index (χ3n) is 4.14. The average molecular weight is 324 g/mol. The molecular formula is C18H20N4O2. The van der Waals surface area contributed by atoms with E-state index in [-0.39, 0.29) is 5.54 Å². The molecule has 2 aliphatic heterocycles. The SMILES string of the molecule is CC1=NN(c2ccccc2)C2NC12C.NC(=O)Oc1ccccc1. The monoisotopic (exact) mass is 324 g/mol. The van der Waals surface area contributed by atoms with Crippen molar-refractivity contribution in [3.8, 4) is 5.75 Å². The summed E-state index contributed by atoms with van der Waals surface area (Å²) >= 11 is 0. The molecule has 0 bridgehead atoms. The maximum absolute atomic E-state index is 10.2. The highest BCUT2D eigenvalue weighted by molar-refractivity contribution is 5.99. The van der Waals surface area contributed by atoms with Crippen molar-refractivity contribution < 1.29 is 9.53 Å². The van der Waals surface area contributed by atoms with Crippen LogP contribution in [0.25, 0.3) is 0 Å². The molecule has 24 heavy (non-hydrogen) atoms. The lowest BCUT2D eigenvalue weighted by Gasteiger charge is -2.14. The van der Waals surface area contributed by atoms with Crippen molar-refractivity contribution in [2.75, 3.05) is 5.01 Å². The number of primary amides is 1. The van der Waals surface area contributed by atoms with E-state index in [1.165, 1.54) is 5.71 Å². The summed E-state index contributed by atoms with van der Waals surface area (Å²) in [5.74, 6) is 0.468. The Balaban J connectivity index is 0.000000150. The molecule has 6 heteroatoms. The standard InChI is InChI=1S/C11H13N3.C7H7NO2/c1-8-11(2)10(12-11)14(13-8)9-6-4-3-5-7-9;8-7(9)10-6-4-2-1-3-5-6/h3-7,10,12H,1-2H3;1-5H,(H2,8,9). The lowest BCUT2D eigenvalue weighted by Crippen LogP contribution is -2.20. The Morgan fingerprint density at radius 2 is 1.75 bits per heavy atom. The van der Waals surface area contributed by atoms with Crippen molar-refractivity contribution in [1.29, 1.82) is 0 Å². The van der Waals surface area contributed by atoms with Crippen LogP contribution in [0.5, 0.6) is 5.75 Å². The quantitative estimate of drug-likeness (QED) is 0.831. The second-order valence-electron chi connectivity index (χ2n) is 5.85. The van der Waals surface area contributed by atoms with Gasteiger partial charge in [-0.25, -0.2) is 9.80 Å². The first kappa shape index (κ1) is 16.0. The maximum Gasteiger partial charge on any atom is 0.409 e. The summed E-state index contributed by atoms with van der Waals surface area (Å²) in [6, 6.07) is 18.9. The number of hydrogen-bond acceptors (Lipinski definition) is 5. The zero-order chi connectivity index (χ0) is 17.2. The van der Waals surface area contributed by atoms with Crippen LogP contribution in [0.15, 0.2) is 65.8 Å². The average Bonchev–Trinajstić information content (AvgIpc) is 3.20. The minimum absolute atomic E-state index is 0.121. The van der Waals surface area contributed by atoms with E-state index in [4.69, 9.17) is 5.73 Å². The lowest BCUT2D eigenvalue weighted by molar-refractivity contribution is 0.211.